The van der Waals surface area contributed by atoms with E-state index in [0.717, 1.165) is 33.8 Å². The number of nitrogens with zero attached hydrogens (tertiary/aromatic N) is 4. The maximum absolute atomic E-state index is 2.46. The van der Waals surface area contributed by atoms with Crippen molar-refractivity contribution in [2.45, 2.75) is 0 Å². The Kier molecular flexibility index (Phi) is 9.37. The molecule has 1 aromatic heterocycles. The first-order chi connectivity index (χ1) is 41.9. The van der Waals surface area contributed by atoms with Gasteiger partial charge in [0.15, 0.2) is 0 Å². The molecule has 0 aliphatic rings. The van der Waals surface area contributed by atoms with Crippen LogP contribution in [0.15, 0.2) is 261 Å². The molecule has 0 atom stereocenters. The molecule has 4 nitrogen and oxygen atoms in total. The number of fused-ring (bicyclic) bond motifs is 9. The molecule has 0 bridgehead atoms. The first-order valence-electron chi connectivity index (χ1n) is 29.6. The number of benzene rings is 18. The summed E-state index contributed by atoms with van der Waals surface area (Å²) in [5, 5.41) is 33.5. The molecule has 0 amide bonds. The molecule has 0 aliphatic heterocycles. The fraction of sp³-hybridized carbons (Fsp3) is 0.0370. The van der Waals surface area contributed by atoms with Crippen molar-refractivity contribution in [2.75, 3.05) is 35.8 Å². The van der Waals surface area contributed by atoms with Crippen molar-refractivity contribution >= 4 is 185 Å². The molecule has 0 fully saturated rings. The van der Waals surface area contributed by atoms with Crippen LogP contribution in [0.1, 0.15) is 0 Å². The minimum atomic E-state index is 1.11. The Morgan fingerprint density at radius 2 is 0.471 bits per heavy atom. The Morgan fingerprint density at radius 1 is 0.212 bits per heavy atom. The van der Waals surface area contributed by atoms with Gasteiger partial charge in [-0.25, -0.2) is 0 Å². The second-order valence-electron chi connectivity index (χ2n) is 23.6. The van der Waals surface area contributed by atoms with Crippen LogP contribution < -0.4 is 14.7 Å². The van der Waals surface area contributed by atoms with E-state index in [1.807, 2.05) is 0 Å². The van der Waals surface area contributed by atoms with Gasteiger partial charge in [-0.1, -0.05) is 182 Å². The molecule has 18 aromatic carbocycles. The maximum atomic E-state index is 2.46. The van der Waals surface area contributed by atoms with Crippen LogP contribution in [0.3, 0.4) is 0 Å². The van der Waals surface area contributed by atoms with Gasteiger partial charge in [0.25, 0.3) is 0 Å². The predicted octanol–water partition coefficient (Wildman–Crippen LogP) is 22.2. The SMILES string of the molecule is CN(c1ccc(-n2c3ccc(N(C)c4ccc5c6cccc7cccc(c8cccc4c85)c76)cc3c3cc(N(C)c4ccc5c6cccc7cccc(c8cccc4c85)c76)ccc32)cc1)c1ccc2c3cccc4cccc(c5cccc1c52)c43. The third-order valence-electron chi connectivity index (χ3n) is 19.6. The highest BCUT2D eigenvalue weighted by molar-refractivity contribution is 6.37. The van der Waals surface area contributed by atoms with Gasteiger partial charge in [0.05, 0.1) is 11.0 Å². The average molecular weight is 1080 g/mol. The third kappa shape index (κ3) is 6.30. The minimum Gasteiger partial charge on any atom is -0.344 e. The monoisotopic (exact) mass is 1080 g/mol. The molecule has 0 saturated carbocycles. The molecule has 0 saturated heterocycles. The van der Waals surface area contributed by atoms with Crippen molar-refractivity contribution in [3.05, 3.63) is 261 Å². The lowest BCUT2D eigenvalue weighted by molar-refractivity contribution is 1.16. The molecule has 0 radical (unpaired) electrons. The predicted molar refractivity (Wildman–Crippen MR) is 368 cm³/mol. The van der Waals surface area contributed by atoms with E-state index >= 15 is 0 Å². The zero-order chi connectivity index (χ0) is 55.9. The van der Waals surface area contributed by atoms with E-state index in [2.05, 4.69) is 301 Å². The van der Waals surface area contributed by atoms with Crippen molar-refractivity contribution in [3.8, 4) is 5.69 Å². The van der Waals surface area contributed by atoms with E-state index in [1.165, 1.54) is 157 Å². The highest BCUT2D eigenvalue weighted by atomic mass is 15.1. The maximum Gasteiger partial charge on any atom is 0.0542 e. The number of anilines is 6. The van der Waals surface area contributed by atoms with Crippen LogP contribution in [0.4, 0.5) is 34.1 Å². The molecule has 0 spiro atoms. The van der Waals surface area contributed by atoms with Crippen molar-refractivity contribution in [2.24, 2.45) is 0 Å². The Hall–Kier alpha value is -10.9. The lowest BCUT2D eigenvalue weighted by Crippen LogP contribution is -2.10. The van der Waals surface area contributed by atoms with Gasteiger partial charge in [-0.15, -0.1) is 0 Å². The van der Waals surface area contributed by atoms with Crippen LogP contribution in [0.2, 0.25) is 0 Å². The van der Waals surface area contributed by atoms with Crippen molar-refractivity contribution in [1.29, 1.82) is 0 Å². The molecule has 19 rings (SSSR count). The van der Waals surface area contributed by atoms with Gasteiger partial charge in [-0.2, -0.15) is 0 Å². The first kappa shape index (κ1) is 46.6. The normalized spacial score (nSPS) is 12.4. The summed E-state index contributed by atoms with van der Waals surface area (Å²) < 4.78 is 2.46. The van der Waals surface area contributed by atoms with Crippen LogP contribution in [-0.2, 0) is 0 Å². The molecule has 0 unspecified atom stereocenters. The van der Waals surface area contributed by atoms with E-state index in [4.69, 9.17) is 0 Å². The van der Waals surface area contributed by atoms with E-state index < -0.39 is 0 Å². The second-order valence-corrected chi connectivity index (χ2v) is 23.6. The van der Waals surface area contributed by atoms with Gasteiger partial charge in [0.1, 0.15) is 0 Å². The molecule has 1 heterocycles. The molecule has 4 heteroatoms. The Labute approximate surface area is 489 Å². The summed E-state index contributed by atoms with van der Waals surface area (Å²) in [7, 11) is 6.67. The molecule has 0 aliphatic carbocycles. The summed E-state index contributed by atoms with van der Waals surface area (Å²) in [5.74, 6) is 0. The van der Waals surface area contributed by atoms with Crippen LogP contribution in [0.25, 0.3) is 157 Å². The number of aromatic nitrogens is 1. The summed E-state index contributed by atoms with van der Waals surface area (Å²) >= 11 is 0. The highest BCUT2D eigenvalue weighted by Crippen LogP contribution is 2.49. The molecule has 85 heavy (non-hydrogen) atoms. The lowest BCUT2D eigenvalue weighted by atomic mass is 9.89. The van der Waals surface area contributed by atoms with Gasteiger partial charge in [-0.3, -0.25) is 0 Å². The van der Waals surface area contributed by atoms with Gasteiger partial charge in [0.2, 0.25) is 0 Å². The quantitative estimate of drug-likeness (QED) is 0.117. The van der Waals surface area contributed by atoms with E-state index in [0.29, 0.717) is 0 Å². The Balaban J connectivity index is 0.765. The van der Waals surface area contributed by atoms with Crippen LogP contribution in [-0.4, -0.2) is 25.7 Å². The zero-order valence-electron chi connectivity index (χ0n) is 47.1. The van der Waals surface area contributed by atoms with E-state index in [-0.39, 0.29) is 0 Å². The third-order valence-corrected chi connectivity index (χ3v) is 19.6. The van der Waals surface area contributed by atoms with Gasteiger partial charge in [-0.05, 0) is 192 Å². The summed E-state index contributed by atoms with van der Waals surface area (Å²) in [5.41, 5.74) is 10.3. The standard InChI is InChI=1S/C81H52N4/c1-82(71-42-37-63-57-22-7-16-47-13-4-19-54(76(47)57)60-25-10-28-66(71)79(60)63)50-31-33-51(34-32-50)85-74-40-35-52(83(2)72-43-38-64-58-23-8-17-48-14-5-20-55(77(48)58)61-26-11-29-67(72)80(61)64)45-69(74)70-46-53(36-41-75(70)85)84(3)73-44-39-65-59-24-9-18-49-15-6-21-56(78(49)59)62-27-12-30-68(73)81(62)65/h4-46H,1-3H3. The van der Waals surface area contributed by atoms with Crippen LogP contribution in [0.5, 0.6) is 0 Å². The molecule has 19 aromatic rings. The summed E-state index contributed by atoms with van der Waals surface area (Å²) in [6, 6.07) is 98.2. The summed E-state index contributed by atoms with van der Waals surface area (Å²) in [6.07, 6.45) is 0. The Morgan fingerprint density at radius 3 is 0.800 bits per heavy atom. The molecule has 396 valence electrons. The van der Waals surface area contributed by atoms with Gasteiger partial charge in [0, 0.05) is 87.9 Å². The second kappa shape index (κ2) is 17.1. The Bertz CT molecular complexity index is 5630. The average Bonchev–Trinajstić information content (AvgIpc) is 1.96. The van der Waals surface area contributed by atoms with Crippen molar-refractivity contribution in [1.82, 2.24) is 4.57 Å². The minimum absolute atomic E-state index is 1.11. The number of hydrogen-bond acceptors (Lipinski definition) is 3. The van der Waals surface area contributed by atoms with E-state index in [1.54, 1.807) is 0 Å². The van der Waals surface area contributed by atoms with Crippen LogP contribution >= 0.6 is 0 Å². The summed E-state index contributed by atoms with van der Waals surface area (Å²) in [6.45, 7) is 0. The van der Waals surface area contributed by atoms with Crippen LogP contribution in [0, 0.1) is 0 Å². The highest BCUT2D eigenvalue weighted by Gasteiger charge is 2.23. The summed E-state index contributed by atoms with van der Waals surface area (Å²) in [4.78, 5) is 7.14. The van der Waals surface area contributed by atoms with Gasteiger partial charge < -0.3 is 19.3 Å². The number of hydrogen-bond donors (Lipinski definition) is 0. The largest absolute Gasteiger partial charge is 0.344 e. The smallest absolute Gasteiger partial charge is 0.0542 e. The van der Waals surface area contributed by atoms with Crippen molar-refractivity contribution in [3.63, 3.8) is 0 Å². The first-order valence-corrected chi connectivity index (χ1v) is 29.6. The topological polar surface area (TPSA) is 14.7 Å². The lowest BCUT2D eigenvalue weighted by Gasteiger charge is -2.24. The molecule has 0 N–H and O–H groups in total. The fourth-order valence-electron chi connectivity index (χ4n) is 15.7. The molecular weight excluding hydrogens is 1030 g/mol. The zero-order valence-corrected chi connectivity index (χ0v) is 47.1. The fourth-order valence-corrected chi connectivity index (χ4v) is 15.7. The van der Waals surface area contributed by atoms with Gasteiger partial charge >= 0.3 is 0 Å². The van der Waals surface area contributed by atoms with E-state index in [9.17, 15) is 0 Å². The number of rotatable bonds is 7. The van der Waals surface area contributed by atoms with Crippen molar-refractivity contribution < 1.29 is 0 Å². The molecular formula is C81H52N4.